The molecule has 1 aromatic carbocycles. The summed E-state index contributed by atoms with van der Waals surface area (Å²) in [7, 11) is 0. The molecule has 4 rings (SSSR count). The molecule has 0 bridgehead atoms. The Kier molecular flexibility index (Phi) is 6.00. The summed E-state index contributed by atoms with van der Waals surface area (Å²) in [6, 6.07) is 6.50. The molecule has 3 fully saturated rings. The first-order chi connectivity index (χ1) is 14.3. The largest absolute Gasteiger partial charge is 0.335 e. The van der Waals surface area contributed by atoms with Gasteiger partial charge in [-0.3, -0.25) is 9.69 Å². The van der Waals surface area contributed by atoms with Crippen molar-refractivity contribution >= 4 is 11.9 Å². The van der Waals surface area contributed by atoms with E-state index >= 15 is 0 Å². The minimum atomic E-state index is -0.486. The van der Waals surface area contributed by atoms with Gasteiger partial charge in [0.1, 0.15) is 5.82 Å². The van der Waals surface area contributed by atoms with E-state index in [4.69, 9.17) is 0 Å². The van der Waals surface area contributed by atoms with Gasteiger partial charge in [0.15, 0.2) is 0 Å². The standard InChI is InChI=1S/C23H33FN4O2/c1-23(2)16-27(21(29)19-10-6-7-11-20(19)24)15-18-14-26(12-13-28(18)23)22(30)25-17-8-4-3-5-9-17/h6-7,10-11,17-18H,3-5,8-9,12-16H2,1-2H3,(H,25,30). The molecule has 1 aliphatic carbocycles. The van der Waals surface area contributed by atoms with Crippen LogP contribution in [0.4, 0.5) is 9.18 Å². The molecule has 3 amide bonds. The minimum absolute atomic E-state index is 0.0110. The van der Waals surface area contributed by atoms with Crippen LogP contribution >= 0.6 is 0 Å². The molecule has 6 nitrogen and oxygen atoms in total. The third-order valence-electron chi connectivity index (χ3n) is 6.88. The predicted molar refractivity (Wildman–Crippen MR) is 114 cm³/mol. The van der Waals surface area contributed by atoms with Crippen molar-refractivity contribution in [1.82, 2.24) is 20.0 Å². The van der Waals surface area contributed by atoms with Crippen LogP contribution in [-0.4, -0.2) is 77.0 Å². The molecule has 3 aliphatic rings. The Morgan fingerprint density at radius 2 is 1.73 bits per heavy atom. The molecule has 2 saturated heterocycles. The second kappa shape index (κ2) is 8.53. The summed E-state index contributed by atoms with van der Waals surface area (Å²) in [4.78, 5) is 31.9. The van der Waals surface area contributed by atoms with E-state index in [1.54, 1.807) is 23.1 Å². The fraction of sp³-hybridized carbons (Fsp3) is 0.652. The van der Waals surface area contributed by atoms with E-state index in [9.17, 15) is 14.0 Å². The molecule has 0 aromatic heterocycles. The van der Waals surface area contributed by atoms with Crippen molar-refractivity contribution in [2.24, 2.45) is 0 Å². The average molecular weight is 417 g/mol. The number of piperazine rings is 2. The highest BCUT2D eigenvalue weighted by Crippen LogP contribution is 2.29. The molecule has 1 N–H and O–H groups in total. The van der Waals surface area contributed by atoms with E-state index in [2.05, 4.69) is 24.1 Å². The highest BCUT2D eigenvalue weighted by atomic mass is 19.1. The van der Waals surface area contributed by atoms with Gasteiger partial charge in [-0.1, -0.05) is 31.4 Å². The molecule has 2 heterocycles. The van der Waals surface area contributed by atoms with Crippen molar-refractivity contribution < 1.29 is 14.0 Å². The van der Waals surface area contributed by atoms with Gasteiger partial charge >= 0.3 is 6.03 Å². The third-order valence-corrected chi connectivity index (χ3v) is 6.88. The van der Waals surface area contributed by atoms with Gasteiger partial charge in [0, 0.05) is 50.3 Å². The molecule has 2 aliphatic heterocycles. The van der Waals surface area contributed by atoms with Crippen LogP contribution in [-0.2, 0) is 0 Å². The van der Waals surface area contributed by atoms with Gasteiger partial charge in [-0.25, -0.2) is 9.18 Å². The smallest absolute Gasteiger partial charge is 0.317 e. The number of benzene rings is 1. The Morgan fingerprint density at radius 1 is 1.03 bits per heavy atom. The van der Waals surface area contributed by atoms with E-state index in [1.807, 2.05) is 4.90 Å². The summed E-state index contributed by atoms with van der Waals surface area (Å²) in [5, 5.41) is 3.21. The summed E-state index contributed by atoms with van der Waals surface area (Å²) in [5.74, 6) is -0.760. The maximum Gasteiger partial charge on any atom is 0.317 e. The van der Waals surface area contributed by atoms with Crippen LogP contribution in [0.25, 0.3) is 0 Å². The SMILES string of the molecule is CC1(C)CN(C(=O)c2ccccc2F)CC2CN(C(=O)NC3CCCCC3)CCN21. The number of nitrogens with one attached hydrogen (secondary N) is 1. The Balaban J connectivity index is 1.44. The van der Waals surface area contributed by atoms with Gasteiger partial charge in [-0.05, 0) is 38.8 Å². The lowest BCUT2D eigenvalue weighted by atomic mass is 9.92. The number of rotatable bonds is 2. The predicted octanol–water partition coefficient (Wildman–Crippen LogP) is 3.09. The molecule has 30 heavy (non-hydrogen) atoms. The van der Waals surface area contributed by atoms with Crippen molar-refractivity contribution in [2.75, 3.05) is 32.7 Å². The van der Waals surface area contributed by atoms with Crippen molar-refractivity contribution in [3.8, 4) is 0 Å². The van der Waals surface area contributed by atoms with E-state index in [0.717, 1.165) is 19.4 Å². The van der Waals surface area contributed by atoms with Crippen LogP contribution in [0.5, 0.6) is 0 Å². The molecule has 1 aromatic rings. The number of urea groups is 1. The molecule has 7 heteroatoms. The average Bonchev–Trinajstić information content (AvgIpc) is 2.73. The van der Waals surface area contributed by atoms with Gasteiger partial charge in [-0.15, -0.1) is 0 Å². The van der Waals surface area contributed by atoms with Crippen molar-refractivity contribution in [3.05, 3.63) is 35.6 Å². The number of nitrogens with zero attached hydrogens (tertiary/aromatic N) is 3. The zero-order chi connectivity index (χ0) is 21.3. The lowest BCUT2D eigenvalue weighted by Gasteiger charge is -2.55. The lowest BCUT2D eigenvalue weighted by molar-refractivity contribution is -0.0484. The lowest BCUT2D eigenvalue weighted by Crippen LogP contribution is -2.71. The number of carbonyl (C=O) groups is 2. The zero-order valence-corrected chi connectivity index (χ0v) is 18.1. The first-order valence-corrected chi connectivity index (χ1v) is 11.2. The van der Waals surface area contributed by atoms with Crippen LogP contribution < -0.4 is 5.32 Å². The van der Waals surface area contributed by atoms with Gasteiger partial charge in [0.25, 0.3) is 5.91 Å². The Labute approximate surface area is 178 Å². The normalized spacial score (nSPS) is 25.0. The fourth-order valence-corrected chi connectivity index (χ4v) is 5.34. The molecule has 0 spiro atoms. The monoisotopic (exact) mass is 416 g/mol. The second-order valence-corrected chi connectivity index (χ2v) is 9.56. The molecule has 0 radical (unpaired) electrons. The van der Waals surface area contributed by atoms with Crippen LogP contribution in [0.2, 0.25) is 0 Å². The summed E-state index contributed by atoms with van der Waals surface area (Å²) >= 11 is 0. The first-order valence-electron chi connectivity index (χ1n) is 11.2. The van der Waals surface area contributed by atoms with Gasteiger partial charge in [0.2, 0.25) is 0 Å². The van der Waals surface area contributed by atoms with Crippen LogP contribution in [0.15, 0.2) is 24.3 Å². The van der Waals surface area contributed by atoms with Gasteiger partial charge < -0.3 is 15.1 Å². The Morgan fingerprint density at radius 3 is 2.47 bits per heavy atom. The number of hydrogen-bond acceptors (Lipinski definition) is 3. The van der Waals surface area contributed by atoms with Gasteiger partial charge in [-0.2, -0.15) is 0 Å². The topological polar surface area (TPSA) is 55.9 Å². The zero-order valence-electron chi connectivity index (χ0n) is 18.1. The summed E-state index contributed by atoms with van der Waals surface area (Å²) in [6.45, 7) is 7.37. The summed E-state index contributed by atoms with van der Waals surface area (Å²) in [6.07, 6.45) is 5.75. The third kappa shape index (κ3) is 4.31. The maximum atomic E-state index is 14.2. The molecule has 1 unspecified atom stereocenters. The number of amides is 3. The Bertz CT molecular complexity index is 793. The minimum Gasteiger partial charge on any atom is -0.335 e. The number of hydrogen-bond donors (Lipinski definition) is 1. The summed E-state index contributed by atoms with van der Waals surface area (Å²) in [5.41, 5.74) is -0.111. The molecular formula is C23H33FN4O2. The number of halogens is 1. The quantitative estimate of drug-likeness (QED) is 0.806. The Hall–Kier alpha value is -2.15. The van der Waals surface area contributed by atoms with Crippen LogP contribution in [0, 0.1) is 5.82 Å². The van der Waals surface area contributed by atoms with E-state index in [1.165, 1.54) is 25.3 Å². The van der Waals surface area contributed by atoms with E-state index in [-0.39, 0.29) is 35.1 Å². The van der Waals surface area contributed by atoms with Crippen molar-refractivity contribution in [1.29, 1.82) is 0 Å². The van der Waals surface area contributed by atoms with Gasteiger partial charge in [0.05, 0.1) is 5.56 Å². The first kappa shape index (κ1) is 21.1. The fourth-order valence-electron chi connectivity index (χ4n) is 5.34. The number of fused-ring (bicyclic) bond motifs is 1. The van der Waals surface area contributed by atoms with Crippen LogP contribution in [0.1, 0.15) is 56.3 Å². The van der Waals surface area contributed by atoms with E-state index < -0.39 is 5.82 Å². The van der Waals surface area contributed by atoms with E-state index in [0.29, 0.717) is 26.2 Å². The molecule has 1 saturated carbocycles. The van der Waals surface area contributed by atoms with Crippen molar-refractivity contribution in [3.63, 3.8) is 0 Å². The highest BCUT2D eigenvalue weighted by molar-refractivity contribution is 5.94. The second-order valence-electron chi connectivity index (χ2n) is 9.56. The number of carbonyl (C=O) groups excluding carboxylic acids is 2. The molecule has 1 atom stereocenters. The summed E-state index contributed by atoms with van der Waals surface area (Å²) < 4.78 is 14.2. The maximum absolute atomic E-state index is 14.2. The van der Waals surface area contributed by atoms with Crippen molar-refractivity contribution in [2.45, 2.75) is 63.6 Å². The molecular weight excluding hydrogens is 383 g/mol. The highest BCUT2D eigenvalue weighted by Gasteiger charge is 2.45. The molecule has 164 valence electrons. The van der Waals surface area contributed by atoms with Crippen LogP contribution in [0.3, 0.4) is 0 Å².